The van der Waals surface area contributed by atoms with Crippen LogP contribution in [-0.4, -0.2) is 46.0 Å². The van der Waals surface area contributed by atoms with Crippen molar-refractivity contribution in [1.29, 1.82) is 0 Å². The Morgan fingerprint density at radius 1 is 0.825 bits per heavy atom. The largest absolute Gasteiger partial charge is 0.335 e. The minimum absolute atomic E-state index is 0.116. The zero-order chi connectivity index (χ0) is 26.9. The number of carbonyl (C=O) groups is 1. The number of H-pyrrole nitrogens is 2. The topological polar surface area (TPSA) is 138 Å². The number of anilines is 1. The van der Waals surface area contributed by atoms with Gasteiger partial charge in [0.15, 0.2) is 5.82 Å². The highest BCUT2D eigenvalue weighted by Gasteiger charge is 2.17. The fourth-order valence-electron chi connectivity index (χ4n) is 4.64. The van der Waals surface area contributed by atoms with Crippen LogP contribution >= 0.6 is 0 Å². The van der Waals surface area contributed by atoms with Crippen molar-refractivity contribution in [3.05, 3.63) is 103 Å². The first-order valence-corrected chi connectivity index (χ1v) is 12.6. The predicted molar refractivity (Wildman–Crippen MR) is 152 cm³/mol. The second kappa shape index (κ2) is 9.84. The van der Waals surface area contributed by atoms with Crippen LogP contribution in [0.4, 0.5) is 5.69 Å². The maximum atomic E-state index is 12.6. The smallest absolute Gasteiger partial charge is 0.228 e. The molecule has 0 fully saturated rings. The van der Waals surface area contributed by atoms with E-state index in [1.807, 2.05) is 60.7 Å². The van der Waals surface area contributed by atoms with E-state index < -0.39 is 0 Å². The van der Waals surface area contributed by atoms with E-state index >= 15 is 0 Å². The fraction of sp³-hybridized carbons (Fsp3) is 0.0333. The lowest BCUT2D eigenvalue weighted by molar-refractivity contribution is -0.115. The number of benzene rings is 1. The first-order chi connectivity index (χ1) is 19.7. The number of carbonyl (C=O) groups excluding carboxylic acids is 1. The van der Waals surface area contributed by atoms with E-state index in [-0.39, 0.29) is 12.3 Å². The molecule has 1 aromatic carbocycles. The average molecular weight is 524 g/mol. The first kappa shape index (κ1) is 23.4. The molecule has 7 rings (SSSR count). The van der Waals surface area contributed by atoms with Gasteiger partial charge in [-0.05, 0) is 29.8 Å². The number of aromatic amines is 2. The molecule has 40 heavy (non-hydrogen) atoms. The number of rotatable bonds is 6. The lowest BCUT2D eigenvalue weighted by Gasteiger charge is -2.07. The monoisotopic (exact) mass is 523 g/mol. The first-order valence-electron chi connectivity index (χ1n) is 12.6. The number of nitrogens with zero attached hydrogens (tertiary/aromatic N) is 6. The Morgan fingerprint density at radius 2 is 1.70 bits per heavy atom. The van der Waals surface area contributed by atoms with Crippen LogP contribution in [0.2, 0.25) is 0 Å². The van der Waals surface area contributed by atoms with Crippen LogP contribution in [0.15, 0.2) is 97.8 Å². The molecule has 6 aromatic heterocycles. The van der Waals surface area contributed by atoms with Gasteiger partial charge in [-0.25, -0.2) is 4.98 Å². The molecule has 0 radical (unpaired) electrons. The summed E-state index contributed by atoms with van der Waals surface area (Å²) in [4.78, 5) is 38.5. The molecule has 0 saturated carbocycles. The third-order valence-electron chi connectivity index (χ3n) is 6.53. The van der Waals surface area contributed by atoms with E-state index in [4.69, 9.17) is 4.98 Å². The van der Waals surface area contributed by atoms with Crippen molar-refractivity contribution in [3.63, 3.8) is 0 Å². The van der Waals surface area contributed by atoms with Crippen LogP contribution in [0.1, 0.15) is 5.56 Å². The molecule has 0 saturated heterocycles. The van der Waals surface area contributed by atoms with Gasteiger partial charge in [-0.3, -0.25) is 29.8 Å². The van der Waals surface area contributed by atoms with Crippen LogP contribution in [0, 0.1) is 0 Å². The molecule has 0 aliphatic rings. The van der Waals surface area contributed by atoms with E-state index in [0.29, 0.717) is 22.9 Å². The molecule has 10 heteroatoms. The standard InChI is InChI=1S/C30H21N9O/c40-27(10-18-6-2-1-3-7-18)35-20-11-19(13-31-14-20)24-12-21-25(17-34-24)38-39-29(21)30-36-26-16-32-15-22(28(26)37-30)23-8-4-5-9-33-23/h1-9,11-17H,10H2,(H,35,40)(H,36,37)(H,38,39). The molecule has 0 bridgehead atoms. The van der Waals surface area contributed by atoms with Crippen LogP contribution in [0.3, 0.4) is 0 Å². The summed E-state index contributed by atoms with van der Waals surface area (Å²) in [5.41, 5.74) is 7.58. The van der Waals surface area contributed by atoms with Crippen molar-refractivity contribution in [2.24, 2.45) is 0 Å². The quantitative estimate of drug-likeness (QED) is 0.272. The van der Waals surface area contributed by atoms with E-state index in [2.05, 4.69) is 40.4 Å². The number of nitrogens with one attached hydrogen (secondary N) is 3. The number of amides is 1. The van der Waals surface area contributed by atoms with Gasteiger partial charge in [-0.1, -0.05) is 36.4 Å². The van der Waals surface area contributed by atoms with Gasteiger partial charge >= 0.3 is 0 Å². The van der Waals surface area contributed by atoms with Crippen LogP contribution in [0.5, 0.6) is 0 Å². The van der Waals surface area contributed by atoms with E-state index in [1.54, 1.807) is 37.2 Å². The van der Waals surface area contributed by atoms with Gasteiger partial charge in [-0.2, -0.15) is 5.10 Å². The number of hydrogen-bond acceptors (Lipinski definition) is 7. The molecule has 0 aliphatic carbocycles. The Morgan fingerprint density at radius 3 is 2.58 bits per heavy atom. The molecule has 1 amide bonds. The Bertz CT molecular complexity index is 1980. The minimum Gasteiger partial charge on any atom is -0.335 e. The second-order valence-electron chi connectivity index (χ2n) is 9.24. The molecule has 3 N–H and O–H groups in total. The van der Waals surface area contributed by atoms with Gasteiger partial charge in [0.2, 0.25) is 5.91 Å². The van der Waals surface area contributed by atoms with Crippen LogP contribution in [0.25, 0.3) is 56.0 Å². The molecule has 7 aromatic rings. The molecule has 192 valence electrons. The molecule has 6 heterocycles. The summed E-state index contributed by atoms with van der Waals surface area (Å²) in [6.45, 7) is 0. The van der Waals surface area contributed by atoms with Gasteiger partial charge in [0.05, 0.1) is 53.1 Å². The summed E-state index contributed by atoms with van der Waals surface area (Å²) in [7, 11) is 0. The second-order valence-corrected chi connectivity index (χ2v) is 9.24. The highest BCUT2D eigenvalue weighted by atomic mass is 16.1. The number of aromatic nitrogens is 8. The Labute approximate surface area is 227 Å². The van der Waals surface area contributed by atoms with Crippen molar-refractivity contribution < 1.29 is 4.79 Å². The lowest BCUT2D eigenvalue weighted by Crippen LogP contribution is -2.14. The van der Waals surface area contributed by atoms with Gasteiger partial charge in [0, 0.05) is 35.1 Å². The summed E-state index contributed by atoms with van der Waals surface area (Å²) >= 11 is 0. The van der Waals surface area contributed by atoms with Crippen LogP contribution < -0.4 is 5.32 Å². The number of hydrogen-bond donors (Lipinski definition) is 3. The lowest BCUT2D eigenvalue weighted by atomic mass is 10.1. The van der Waals surface area contributed by atoms with Gasteiger partial charge < -0.3 is 10.3 Å². The molecule has 10 nitrogen and oxygen atoms in total. The molecule has 0 atom stereocenters. The molecule has 0 unspecified atom stereocenters. The summed E-state index contributed by atoms with van der Waals surface area (Å²) in [6.07, 6.45) is 10.6. The van der Waals surface area contributed by atoms with Gasteiger partial charge in [0.25, 0.3) is 0 Å². The third kappa shape index (κ3) is 4.43. The van der Waals surface area contributed by atoms with Gasteiger partial charge in [0.1, 0.15) is 11.2 Å². The Hall–Kier alpha value is -5.77. The van der Waals surface area contributed by atoms with Crippen LogP contribution in [-0.2, 0) is 11.2 Å². The fourth-order valence-corrected chi connectivity index (χ4v) is 4.64. The summed E-state index contributed by atoms with van der Waals surface area (Å²) in [5, 5.41) is 11.3. The highest BCUT2D eigenvalue weighted by molar-refractivity contribution is 5.97. The van der Waals surface area contributed by atoms with E-state index in [1.165, 1.54) is 0 Å². The molecular weight excluding hydrogens is 502 g/mol. The maximum Gasteiger partial charge on any atom is 0.228 e. The third-order valence-corrected chi connectivity index (χ3v) is 6.53. The molecular formula is C30H21N9O. The zero-order valence-electron chi connectivity index (χ0n) is 21.0. The Balaban J connectivity index is 1.21. The van der Waals surface area contributed by atoms with Crippen molar-refractivity contribution in [2.45, 2.75) is 6.42 Å². The number of fused-ring (bicyclic) bond motifs is 2. The normalized spacial score (nSPS) is 11.2. The molecule has 0 aliphatic heterocycles. The minimum atomic E-state index is -0.116. The Kier molecular flexibility index (Phi) is 5.74. The SMILES string of the molecule is O=C(Cc1ccccc1)Nc1cncc(-c2cc3c(-c4nc5c(-c6ccccn6)cncc5[nH]4)n[nH]c3cn2)c1. The zero-order valence-corrected chi connectivity index (χ0v) is 21.0. The average Bonchev–Trinajstić information content (AvgIpc) is 3.62. The van der Waals surface area contributed by atoms with Gasteiger partial charge in [-0.15, -0.1) is 0 Å². The summed E-state index contributed by atoms with van der Waals surface area (Å²) in [6, 6.07) is 19.1. The highest BCUT2D eigenvalue weighted by Crippen LogP contribution is 2.31. The summed E-state index contributed by atoms with van der Waals surface area (Å²) in [5.74, 6) is 0.485. The molecule has 0 spiro atoms. The number of pyridine rings is 4. The van der Waals surface area contributed by atoms with Crippen molar-refractivity contribution in [3.8, 4) is 34.0 Å². The van der Waals surface area contributed by atoms with E-state index in [0.717, 1.165) is 44.3 Å². The van der Waals surface area contributed by atoms with Crippen molar-refractivity contribution in [2.75, 3.05) is 5.32 Å². The number of imidazole rings is 1. The summed E-state index contributed by atoms with van der Waals surface area (Å²) < 4.78 is 0. The van der Waals surface area contributed by atoms with E-state index in [9.17, 15) is 4.79 Å². The van der Waals surface area contributed by atoms with Crippen molar-refractivity contribution >= 4 is 33.5 Å². The maximum absolute atomic E-state index is 12.6. The predicted octanol–water partition coefficient (Wildman–Crippen LogP) is 5.20. The van der Waals surface area contributed by atoms with Crippen molar-refractivity contribution in [1.82, 2.24) is 40.1 Å².